The number of hydrogen-bond acceptors (Lipinski definition) is 4. The van der Waals surface area contributed by atoms with Crippen molar-refractivity contribution in [3.8, 4) is 0 Å². The van der Waals surface area contributed by atoms with Gasteiger partial charge in [-0.15, -0.1) is 0 Å². The van der Waals surface area contributed by atoms with Crippen molar-refractivity contribution in [3.63, 3.8) is 0 Å². The van der Waals surface area contributed by atoms with Gasteiger partial charge in [-0.25, -0.2) is 4.79 Å². The number of hydrogen-bond donors (Lipinski definition) is 2. The molecule has 0 bridgehead atoms. The average molecular weight is 321 g/mol. The van der Waals surface area contributed by atoms with Crippen LogP contribution < -0.4 is 5.32 Å². The monoisotopic (exact) mass is 320 g/mol. The molecule has 2 N–H and O–H groups in total. The van der Waals surface area contributed by atoms with Crippen molar-refractivity contribution in [2.75, 3.05) is 5.32 Å². The lowest BCUT2D eigenvalue weighted by molar-refractivity contribution is -0.384. The number of nitrogens with one attached hydrogen (secondary N) is 1. The van der Waals surface area contributed by atoms with Gasteiger partial charge in [0, 0.05) is 12.1 Å². The summed E-state index contributed by atoms with van der Waals surface area (Å²) in [6.07, 6.45) is 0. The molecule has 112 valence electrons. The zero-order chi connectivity index (χ0) is 16.3. The zero-order valence-electron chi connectivity index (χ0n) is 10.9. The van der Waals surface area contributed by atoms with E-state index < -0.39 is 16.8 Å². The molecule has 0 aliphatic rings. The van der Waals surface area contributed by atoms with Crippen LogP contribution in [0, 0.1) is 10.1 Å². The quantitative estimate of drug-likeness (QED) is 0.664. The van der Waals surface area contributed by atoms with E-state index in [0.717, 1.165) is 6.07 Å². The molecule has 8 heteroatoms. The van der Waals surface area contributed by atoms with Crippen LogP contribution in [0.15, 0.2) is 42.5 Å². The maximum Gasteiger partial charge on any atom is 0.337 e. The summed E-state index contributed by atoms with van der Waals surface area (Å²) in [6, 6.07) is 9.24. The van der Waals surface area contributed by atoms with Crippen LogP contribution in [0.2, 0.25) is 5.02 Å². The number of carbonyl (C=O) groups excluding carboxylic acids is 1. The Bertz CT molecular complexity index is 776. The fraction of sp³-hybridized carbons (Fsp3) is 0. The second kappa shape index (κ2) is 6.23. The van der Waals surface area contributed by atoms with Crippen molar-refractivity contribution in [2.45, 2.75) is 0 Å². The number of amides is 1. The van der Waals surface area contributed by atoms with Crippen LogP contribution >= 0.6 is 11.6 Å². The molecule has 7 nitrogen and oxygen atoms in total. The first-order valence-electron chi connectivity index (χ1n) is 5.97. The normalized spacial score (nSPS) is 10.0. The van der Waals surface area contributed by atoms with Gasteiger partial charge in [0.1, 0.15) is 0 Å². The lowest BCUT2D eigenvalue weighted by Crippen LogP contribution is -2.15. The minimum atomic E-state index is -1.21. The highest BCUT2D eigenvalue weighted by molar-refractivity contribution is 6.34. The summed E-state index contributed by atoms with van der Waals surface area (Å²) in [5.41, 5.74) is -0.433. The molecule has 2 aromatic carbocycles. The van der Waals surface area contributed by atoms with Crippen molar-refractivity contribution < 1.29 is 19.6 Å². The molecule has 0 unspecified atom stereocenters. The number of nitro groups is 1. The van der Waals surface area contributed by atoms with Crippen molar-refractivity contribution in [2.24, 2.45) is 0 Å². The van der Waals surface area contributed by atoms with E-state index in [4.69, 9.17) is 16.7 Å². The second-order valence-corrected chi connectivity index (χ2v) is 4.63. The highest BCUT2D eigenvalue weighted by Gasteiger charge is 2.18. The van der Waals surface area contributed by atoms with Gasteiger partial charge in [-0.3, -0.25) is 14.9 Å². The van der Waals surface area contributed by atoms with Crippen molar-refractivity contribution in [1.82, 2.24) is 0 Å². The smallest absolute Gasteiger partial charge is 0.337 e. The molecule has 1 amide bonds. The molecule has 2 rings (SSSR count). The van der Waals surface area contributed by atoms with E-state index in [1.165, 1.54) is 30.3 Å². The number of para-hydroxylation sites is 1. The Balaban J connectivity index is 2.36. The van der Waals surface area contributed by atoms with E-state index in [2.05, 4.69) is 5.32 Å². The Labute approximate surface area is 129 Å². The van der Waals surface area contributed by atoms with E-state index >= 15 is 0 Å². The summed E-state index contributed by atoms with van der Waals surface area (Å²) in [6.45, 7) is 0. The number of carboxylic acid groups (broad SMARTS) is 1. The van der Waals surface area contributed by atoms with Crippen molar-refractivity contribution >= 4 is 34.9 Å². The summed E-state index contributed by atoms with van der Waals surface area (Å²) in [5, 5.41) is 22.2. The number of anilines is 1. The number of nitrogens with zero attached hydrogens (tertiary/aromatic N) is 1. The highest BCUT2D eigenvalue weighted by Crippen LogP contribution is 2.24. The summed E-state index contributed by atoms with van der Waals surface area (Å²) in [7, 11) is 0. The Hall–Kier alpha value is -2.93. The molecule has 0 saturated heterocycles. The molecule has 0 aliphatic carbocycles. The third-order valence-electron chi connectivity index (χ3n) is 2.81. The number of rotatable bonds is 4. The van der Waals surface area contributed by atoms with E-state index in [-0.39, 0.29) is 27.5 Å². The third kappa shape index (κ3) is 3.21. The van der Waals surface area contributed by atoms with Gasteiger partial charge in [0.25, 0.3) is 11.6 Å². The fourth-order valence-corrected chi connectivity index (χ4v) is 1.97. The molecule has 0 saturated carbocycles. The fourth-order valence-electron chi connectivity index (χ4n) is 1.77. The van der Waals surface area contributed by atoms with Gasteiger partial charge in [-0.05, 0) is 18.2 Å². The van der Waals surface area contributed by atoms with Gasteiger partial charge in [0.05, 0.1) is 26.8 Å². The molecule has 0 atom stereocenters. The van der Waals surface area contributed by atoms with Crippen LogP contribution in [0.1, 0.15) is 20.7 Å². The van der Waals surface area contributed by atoms with Crippen LogP contribution in [0.4, 0.5) is 11.4 Å². The molecule has 0 aromatic heterocycles. The summed E-state index contributed by atoms with van der Waals surface area (Å²) < 4.78 is 0. The van der Waals surface area contributed by atoms with Crippen LogP contribution in [0.25, 0.3) is 0 Å². The van der Waals surface area contributed by atoms with Gasteiger partial charge < -0.3 is 10.4 Å². The molecule has 0 aliphatic heterocycles. The van der Waals surface area contributed by atoms with Crippen molar-refractivity contribution in [1.29, 1.82) is 0 Å². The molecule has 2 aromatic rings. The predicted molar refractivity (Wildman–Crippen MR) is 79.5 cm³/mol. The first kappa shape index (κ1) is 15.5. The Morgan fingerprint density at radius 3 is 2.45 bits per heavy atom. The molecule has 0 heterocycles. The van der Waals surface area contributed by atoms with Crippen molar-refractivity contribution in [3.05, 3.63) is 68.7 Å². The van der Waals surface area contributed by atoms with E-state index in [1.807, 2.05) is 0 Å². The third-order valence-corrected chi connectivity index (χ3v) is 3.14. The number of benzene rings is 2. The molecule has 0 spiro atoms. The Kier molecular flexibility index (Phi) is 4.38. The van der Waals surface area contributed by atoms with E-state index in [1.54, 1.807) is 6.07 Å². The summed E-state index contributed by atoms with van der Waals surface area (Å²) in [5.74, 6) is -1.94. The number of carbonyl (C=O) groups is 2. The topological polar surface area (TPSA) is 110 Å². The Morgan fingerprint density at radius 2 is 1.82 bits per heavy atom. The first-order valence-corrected chi connectivity index (χ1v) is 6.35. The maximum atomic E-state index is 12.2. The predicted octanol–water partition coefficient (Wildman–Crippen LogP) is 3.20. The van der Waals surface area contributed by atoms with Crippen LogP contribution in [0.5, 0.6) is 0 Å². The average Bonchev–Trinajstić information content (AvgIpc) is 2.47. The SMILES string of the molecule is O=C(Nc1ccccc1C(=O)O)c1cc([N+](=O)[O-])ccc1Cl. The number of nitro benzene ring substituents is 1. The minimum absolute atomic E-state index is 0.0240. The van der Waals surface area contributed by atoms with Gasteiger partial charge >= 0.3 is 5.97 Å². The van der Waals surface area contributed by atoms with Gasteiger partial charge in [-0.1, -0.05) is 23.7 Å². The zero-order valence-corrected chi connectivity index (χ0v) is 11.7. The largest absolute Gasteiger partial charge is 0.478 e. The molecule has 0 radical (unpaired) electrons. The standard InChI is InChI=1S/C14H9ClN2O5/c15-11-6-5-8(17(21)22)7-10(11)13(18)16-12-4-2-1-3-9(12)14(19)20/h1-7H,(H,16,18)(H,19,20). The lowest BCUT2D eigenvalue weighted by Gasteiger charge is -2.09. The summed E-state index contributed by atoms with van der Waals surface area (Å²) in [4.78, 5) is 33.3. The second-order valence-electron chi connectivity index (χ2n) is 4.23. The van der Waals surface area contributed by atoms with Crippen LogP contribution in [0.3, 0.4) is 0 Å². The molecular formula is C14H9ClN2O5. The molecule has 22 heavy (non-hydrogen) atoms. The number of carboxylic acids is 1. The van der Waals surface area contributed by atoms with Gasteiger partial charge in [0.15, 0.2) is 0 Å². The van der Waals surface area contributed by atoms with Gasteiger partial charge in [0.2, 0.25) is 0 Å². The lowest BCUT2D eigenvalue weighted by atomic mass is 10.1. The van der Waals surface area contributed by atoms with Crippen LogP contribution in [-0.4, -0.2) is 21.9 Å². The first-order chi connectivity index (χ1) is 10.4. The van der Waals surface area contributed by atoms with Gasteiger partial charge in [-0.2, -0.15) is 0 Å². The molecule has 0 fully saturated rings. The molecular weight excluding hydrogens is 312 g/mol. The Morgan fingerprint density at radius 1 is 1.14 bits per heavy atom. The van der Waals surface area contributed by atoms with Crippen LogP contribution in [-0.2, 0) is 0 Å². The van der Waals surface area contributed by atoms with E-state index in [9.17, 15) is 19.7 Å². The number of aromatic carboxylic acids is 1. The van der Waals surface area contributed by atoms with E-state index in [0.29, 0.717) is 0 Å². The number of halogens is 1. The minimum Gasteiger partial charge on any atom is -0.478 e. The maximum absolute atomic E-state index is 12.2. The summed E-state index contributed by atoms with van der Waals surface area (Å²) >= 11 is 5.86. The number of non-ortho nitro benzene ring substituents is 1. The highest BCUT2D eigenvalue weighted by atomic mass is 35.5.